The first-order chi connectivity index (χ1) is 13.9. The summed E-state index contributed by atoms with van der Waals surface area (Å²) in [5.74, 6) is 0.0183. The van der Waals surface area contributed by atoms with Gasteiger partial charge in [0.25, 0.3) is 0 Å². The second kappa shape index (κ2) is 9.21. The lowest BCUT2D eigenvalue weighted by Crippen LogP contribution is -2.44. The van der Waals surface area contributed by atoms with E-state index in [9.17, 15) is 4.79 Å². The van der Waals surface area contributed by atoms with Crippen molar-refractivity contribution in [3.8, 4) is 6.07 Å². The zero-order chi connectivity index (χ0) is 21.0. The molecule has 1 aliphatic heterocycles. The Kier molecular flexibility index (Phi) is 6.68. The molecule has 0 aliphatic carbocycles. The topological polar surface area (TPSA) is 77.2 Å². The number of hydrogen-bond acceptors (Lipinski definition) is 5. The molecular formula is C22H30N6O. The summed E-state index contributed by atoms with van der Waals surface area (Å²) in [5, 5.41) is 16.4. The molecule has 0 spiro atoms. The Bertz CT molecular complexity index is 895. The van der Waals surface area contributed by atoms with Crippen molar-refractivity contribution in [2.45, 2.75) is 39.8 Å². The van der Waals surface area contributed by atoms with Gasteiger partial charge in [0, 0.05) is 33.2 Å². The van der Waals surface area contributed by atoms with Crippen molar-refractivity contribution >= 4 is 11.6 Å². The van der Waals surface area contributed by atoms with E-state index in [1.165, 1.54) is 5.56 Å². The van der Waals surface area contributed by atoms with Gasteiger partial charge in [0.05, 0.1) is 34.7 Å². The van der Waals surface area contributed by atoms with Crippen LogP contribution in [-0.2, 0) is 18.4 Å². The zero-order valence-corrected chi connectivity index (χ0v) is 17.8. The summed E-state index contributed by atoms with van der Waals surface area (Å²) in [6.45, 7) is 10.4. The highest BCUT2D eigenvalue weighted by Crippen LogP contribution is 2.19. The van der Waals surface area contributed by atoms with Crippen LogP contribution >= 0.6 is 0 Å². The second-order valence-electron chi connectivity index (χ2n) is 7.81. The molecular weight excluding hydrogens is 364 g/mol. The average molecular weight is 395 g/mol. The van der Waals surface area contributed by atoms with Gasteiger partial charge in [-0.15, -0.1) is 0 Å². The minimum Gasteiger partial charge on any atom is -0.322 e. The third-order valence-electron chi connectivity index (χ3n) is 5.80. The first kappa shape index (κ1) is 21.0. The molecule has 0 saturated carbocycles. The van der Waals surface area contributed by atoms with E-state index in [4.69, 9.17) is 5.26 Å². The first-order valence-electron chi connectivity index (χ1n) is 10.2. The Morgan fingerprint density at radius 2 is 1.93 bits per heavy atom. The Morgan fingerprint density at radius 1 is 1.21 bits per heavy atom. The SMILES string of the molecule is Cc1nn(C)c(C)c1NC(=O)C(C)N1CCCN(Cc2ccc(C#N)cc2)CC1. The van der Waals surface area contributed by atoms with Gasteiger partial charge in [-0.25, -0.2) is 0 Å². The summed E-state index contributed by atoms with van der Waals surface area (Å²) in [7, 11) is 1.89. The minimum atomic E-state index is -0.191. The van der Waals surface area contributed by atoms with Crippen LogP contribution < -0.4 is 5.32 Å². The van der Waals surface area contributed by atoms with Gasteiger partial charge in [-0.3, -0.25) is 19.3 Å². The molecule has 0 radical (unpaired) electrons. The van der Waals surface area contributed by atoms with Gasteiger partial charge in [-0.2, -0.15) is 10.4 Å². The first-order valence-corrected chi connectivity index (χ1v) is 10.2. The molecule has 2 heterocycles. The number of aryl methyl sites for hydroxylation is 2. The van der Waals surface area contributed by atoms with E-state index in [0.29, 0.717) is 5.56 Å². The smallest absolute Gasteiger partial charge is 0.241 e. The largest absolute Gasteiger partial charge is 0.322 e. The normalized spacial score (nSPS) is 16.8. The number of anilines is 1. The van der Waals surface area contributed by atoms with Crippen molar-refractivity contribution in [1.82, 2.24) is 19.6 Å². The van der Waals surface area contributed by atoms with Crippen molar-refractivity contribution in [2.75, 3.05) is 31.5 Å². The lowest BCUT2D eigenvalue weighted by molar-refractivity contribution is -0.120. The van der Waals surface area contributed by atoms with Crippen molar-refractivity contribution in [1.29, 1.82) is 5.26 Å². The van der Waals surface area contributed by atoms with E-state index in [1.807, 2.05) is 52.1 Å². The van der Waals surface area contributed by atoms with Gasteiger partial charge in [-0.05, 0) is 51.4 Å². The maximum Gasteiger partial charge on any atom is 0.241 e. The van der Waals surface area contributed by atoms with E-state index in [2.05, 4.69) is 26.3 Å². The number of carbonyl (C=O) groups excluding carboxylic acids is 1. The molecule has 1 aromatic heterocycles. The third-order valence-corrected chi connectivity index (χ3v) is 5.80. The molecule has 1 atom stereocenters. The molecule has 1 aliphatic rings. The van der Waals surface area contributed by atoms with Crippen LogP contribution in [-0.4, -0.2) is 57.7 Å². The lowest BCUT2D eigenvalue weighted by atomic mass is 10.1. The molecule has 1 unspecified atom stereocenters. The Hall–Kier alpha value is -2.69. The number of benzene rings is 1. The van der Waals surface area contributed by atoms with Crippen LogP contribution in [0, 0.1) is 25.2 Å². The lowest BCUT2D eigenvalue weighted by Gasteiger charge is -2.27. The summed E-state index contributed by atoms with van der Waals surface area (Å²) < 4.78 is 1.79. The van der Waals surface area contributed by atoms with Crippen LogP contribution in [0.3, 0.4) is 0 Å². The van der Waals surface area contributed by atoms with E-state index in [1.54, 1.807) is 4.68 Å². The summed E-state index contributed by atoms with van der Waals surface area (Å²) >= 11 is 0. The summed E-state index contributed by atoms with van der Waals surface area (Å²) in [4.78, 5) is 17.5. The predicted octanol–water partition coefficient (Wildman–Crippen LogP) is 2.44. The van der Waals surface area contributed by atoms with E-state index < -0.39 is 0 Å². The molecule has 1 fully saturated rings. The fourth-order valence-electron chi connectivity index (χ4n) is 3.83. The maximum absolute atomic E-state index is 12.8. The fourth-order valence-corrected chi connectivity index (χ4v) is 3.83. The van der Waals surface area contributed by atoms with Crippen LogP contribution in [0.15, 0.2) is 24.3 Å². The van der Waals surface area contributed by atoms with Gasteiger partial charge in [0.15, 0.2) is 0 Å². The van der Waals surface area contributed by atoms with Crippen LogP contribution in [0.25, 0.3) is 0 Å². The third kappa shape index (κ3) is 5.03. The number of nitrogens with one attached hydrogen (secondary N) is 1. The highest BCUT2D eigenvalue weighted by molar-refractivity contribution is 5.95. The number of carbonyl (C=O) groups is 1. The predicted molar refractivity (Wildman–Crippen MR) is 113 cm³/mol. The van der Waals surface area contributed by atoms with Gasteiger partial charge < -0.3 is 5.32 Å². The standard InChI is InChI=1S/C22H30N6O/c1-16-21(17(2)26(4)25-16)24-22(29)18(3)28-11-5-10-27(12-13-28)15-20-8-6-19(14-23)7-9-20/h6-9,18H,5,10-13,15H2,1-4H3,(H,24,29). The molecule has 7 nitrogen and oxygen atoms in total. The molecule has 1 amide bonds. The molecule has 1 saturated heterocycles. The monoisotopic (exact) mass is 394 g/mol. The zero-order valence-electron chi connectivity index (χ0n) is 17.8. The molecule has 7 heteroatoms. The Morgan fingerprint density at radius 3 is 2.55 bits per heavy atom. The molecule has 1 N–H and O–H groups in total. The van der Waals surface area contributed by atoms with Gasteiger partial charge in [0.2, 0.25) is 5.91 Å². The summed E-state index contributed by atoms with van der Waals surface area (Å²) in [5.41, 5.74) is 4.53. The molecule has 29 heavy (non-hydrogen) atoms. The van der Waals surface area contributed by atoms with Crippen molar-refractivity contribution in [3.63, 3.8) is 0 Å². The highest BCUT2D eigenvalue weighted by Gasteiger charge is 2.25. The molecule has 0 bridgehead atoms. The van der Waals surface area contributed by atoms with Crippen LogP contribution in [0.4, 0.5) is 5.69 Å². The summed E-state index contributed by atoms with van der Waals surface area (Å²) in [6, 6.07) is 9.75. The van der Waals surface area contributed by atoms with E-state index >= 15 is 0 Å². The highest BCUT2D eigenvalue weighted by atomic mass is 16.2. The number of amides is 1. The van der Waals surface area contributed by atoms with Crippen LogP contribution in [0.5, 0.6) is 0 Å². The number of nitrogens with zero attached hydrogens (tertiary/aromatic N) is 5. The van der Waals surface area contributed by atoms with Gasteiger partial charge in [-0.1, -0.05) is 12.1 Å². The molecule has 154 valence electrons. The summed E-state index contributed by atoms with van der Waals surface area (Å²) in [6.07, 6.45) is 1.03. The van der Waals surface area contributed by atoms with Crippen molar-refractivity contribution in [2.24, 2.45) is 7.05 Å². The maximum atomic E-state index is 12.8. The quantitative estimate of drug-likeness (QED) is 0.843. The minimum absolute atomic E-state index is 0.0183. The second-order valence-corrected chi connectivity index (χ2v) is 7.81. The van der Waals surface area contributed by atoms with Crippen molar-refractivity contribution < 1.29 is 4.79 Å². The van der Waals surface area contributed by atoms with Crippen LogP contribution in [0.1, 0.15) is 35.9 Å². The Balaban J connectivity index is 1.56. The van der Waals surface area contributed by atoms with Crippen molar-refractivity contribution in [3.05, 3.63) is 46.8 Å². The average Bonchev–Trinajstić information content (AvgIpc) is 2.89. The molecule has 1 aromatic carbocycles. The fraction of sp³-hybridized carbons (Fsp3) is 0.500. The Labute approximate surface area is 172 Å². The number of aromatic nitrogens is 2. The number of rotatable bonds is 5. The molecule has 3 rings (SSSR count). The molecule has 2 aromatic rings. The van der Waals surface area contributed by atoms with Crippen LogP contribution in [0.2, 0.25) is 0 Å². The number of hydrogen-bond donors (Lipinski definition) is 1. The van der Waals surface area contributed by atoms with Gasteiger partial charge in [0.1, 0.15) is 0 Å². The van der Waals surface area contributed by atoms with E-state index in [0.717, 1.165) is 56.2 Å². The van der Waals surface area contributed by atoms with E-state index in [-0.39, 0.29) is 11.9 Å². The number of nitriles is 1. The van der Waals surface area contributed by atoms with Gasteiger partial charge >= 0.3 is 0 Å².